The predicted molar refractivity (Wildman–Crippen MR) is 76.0 cm³/mol. The Bertz CT molecular complexity index is 211. The minimum absolute atomic E-state index is 0.557. The van der Waals surface area contributed by atoms with Crippen molar-refractivity contribution < 1.29 is 4.74 Å². The quantitative estimate of drug-likeness (QED) is 0.640. The van der Waals surface area contributed by atoms with Gasteiger partial charge in [-0.3, -0.25) is 4.90 Å². The van der Waals surface area contributed by atoms with Crippen LogP contribution in [0.2, 0.25) is 0 Å². The van der Waals surface area contributed by atoms with Gasteiger partial charge in [-0.25, -0.2) is 0 Å². The van der Waals surface area contributed by atoms with Crippen LogP contribution in [0.1, 0.15) is 51.9 Å². The third-order valence-electron chi connectivity index (χ3n) is 4.12. The number of likely N-dealkylation sites (tertiary alicyclic amines) is 1. The van der Waals surface area contributed by atoms with Crippen molar-refractivity contribution in [1.82, 2.24) is 10.2 Å². The van der Waals surface area contributed by atoms with E-state index in [0.717, 1.165) is 0 Å². The van der Waals surface area contributed by atoms with Crippen LogP contribution < -0.4 is 5.32 Å². The van der Waals surface area contributed by atoms with Crippen LogP contribution in [-0.2, 0) is 4.74 Å². The van der Waals surface area contributed by atoms with Crippen LogP contribution >= 0.6 is 0 Å². The molecule has 2 heterocycles. The first-order chi connectivity index (χ1) is 8.88. The first-order valence-electron chi connectivity index (χ1n) is 7.97. The van der Waals surface area contributed by atoms with Crippen molar-refractivity contribution in [3.8, 4) is 0 Å². The summed E-state index contributed by atoms with van der Waals surface area (Å²) in [4.78, 5) is 2.63. The molecule has 2 saturated heterocycles. The maximum atomic E-state index is 5.86. The number of hydrogen-bond donors (Lipinski definition) is 1. The molecule has 18 heavy (non-hydrogen) atoms. The smallest absolute Gasteiger partial charge is 0.0707 e. The van der Waals surface area contributed by atoms with E-state index in [9.17, 15) is 0 Å². The Kier molecular flexibility index (Phi) is 6.46. The van der Waals surface area contributed by atoms with Gasteiger partial charge in [-0.1, -0.05) is 19.8 Å². The molecular weight excluding hydrogens is 224 g/mol. The molecule has 2 rings (SSSR count). The Labute approximate surface area is 112 Å². The predicted octanol–water partition coefficient (Wildman–Crippen LogP) is 2.41. The van der Waals surface area contributed by atoms with Gasteiger partial charge in [-0.05, 0) is 51.7 Å². The van der Waals surface area contributed by atoms with Gasteiger partial charge >= 0.3 is 0 Å². The number of unbranched alkanes of at least 4 members (excludes halogenated alkanes) is 3. The molecule has 2 bridgehead atoms. The molecule has 0 spiro atoms. The summed E-state index contributed by atoms with van der Waals surface area (Å²) in [5, 5.41) is 3.47. The molecule has 0 aromatic heterocycles. The maximum absolute atomic E-state index is 5.86. The average Bonchev–Trinajstić information content (AvgIpc) is 2.72. The highest BCUT2D eigenvalue weighted by Gasteiger charge is 2.32. The Hall–Kier alpha value is -0.120. The van der Waals surface area contributed by atoms with Gasteiger partial charge < -0.3 is 10.1 Å². The van der Waals surface area contributed by atoms with Gasteiger partial charge in [-0.2, -0.15) is 0 Å². The zero-order valence-corrected chi connectivity index (χ0v) is 12.0. The summed E-state index contributed by atoms with van der Waals surface area (Å²) in [6, 6.07) is 0. The molecule has 0 saturated carbocycles. The SMILES string of the molecule is CCCNCCCCCCN1CC2CCC(C1)O2. The van der Waals surface area contributed by atoms with Gasteiger partial charge in [0.15, 0.2) is 0 Å². The topological polar surface area (TPSA) is 24.5 Å². The molecular formula is C15H30N2O. The summed E-state index contributed by atoms with van der Waals surface area (Å²) < 4.78 is 5.86. The molecule has 0 aromatic carbocycles. The fraction of sp³-hybridized carbons (Fsp3) is 1.00. The Morgan fingerprint density at radius 2 is 1.72 bits per heavy atom. The van der Waals surface area contributed by atoms with Gasteiger partial charge in [0.1, 0.15) is 0 Å². The van der Waals surface area contributed by atoms with Crippen LogP contribution in [0.25, 0.3) is 0 Å². The molecule has 2 unspecified atom stereocenters. The maximum Gasteiger partial charge on any atom is 0.0707 e. The van der Waals surface area contributed by atoms with E-state index in [1.54, 1.807) is 0 Å². The highest BCUT2D eigenvalue weighted by Crippen LogP contribution is 2.26. The lowest BCUT2D eigenvalue weighted by molar-refractivity contribution is -0.0385. The molecule has 0 aliphatic carbocycles. The largest absolute Gasteiger partial charge is 0.372 e. The second-order valence-corrected chi connectivity index (χ2v) is 5.88. The number of nitrogens with one attached hydrogen (secondary N) is 1. The molecule has 3 nitrogen and oxygen atoms in total. The number of morpholine rings is 1. The van der Waals surface area contributed by atoms with Crippen molar-refractivity contribution in [2.45, 2.75) is 64.1 Å². The molecule has 0 aromatic rings. The third-order valence-corrected chi connectivity index (χ3v) is 4.12. The van der Waals surface area contributed by atoms with E-state index in [0.29, 0.717) is 12.2 Å². The Morgan fingerprint density at radius 1 is 1.00 bits per heavy atom. The van der Waals surface area contributed by atoms with Gasteiger partial charge in [-0.15, -0.1) is 0 Å². The summed E-state index contributed by atoms with van der Waals surface area (Å²) in [6.45, 7) is 8.27. The normalized spacial score (nSPS) is 27.8. The molecule has 1 N–H and O–H groups in total. The number of ether oxygens (including phenoxy) is 1. The summed E-state index contributed by atoms with van der Waals surface area (Å²) in [6.07, 6.45) is 10.4. The minimum atomic E-state index is 0.557. The summed E-state index contributed by atoms with van der Waals surface area (Å²) >= 11 is 0. The average molecular weight is 254 g/mol. The molecule has 0 radical (unpaired) electrons. The number of rotatable bonds is 9. The van der Waals surface area contributed by atoms with Crippen molar-refractivity contribution in [3.05, 3.63) is 0 Å². The van der Waals surface area contributed by atoms with Crippen LogP contribution in [0.3, 0.4) is 0 Å². The highest BCUT2D eigenvalue weighted by atomic mass is 16.5. The van der Waals surface area contributed by atoms with E-state index >= 15 is 0 Å². The van der Waals surface area contributed by atoms with E-state index in [1.807, 2.05) is 0 Å². The van der Waals surface area contributed by atoms with Crippen LogP contribution in [0.15, 0.2) is 0 Å². The van der Waals surface area contributed by atoms with Crippen molar-refractivity contribution in [3.63, 3.8) is 0 Å². The van der Waals surface area contributed by atoms with E-state index in [4.69, 9.17) is 4.74 Å². The monoisotopic (exact) mass is 254 g/mol. The zero-order chi connectivity index (χ0) is 12.6. The molecule has 0 amide bonds. The standard InChI is InChI=1S/C15H30N2O/c1-2-9-16-10-5-3-4-6-11-17-12-14-7-8-15(13-17)18-14/h14-16H,2-13H2,1H3. The van der Waals surface area contributed by atoms with E-state index in [2.05, 4.69) is 17.1 Å². The van der Waals surface area contributed by atoms with E-state index in [-0.39, 0.29) is 0 Å². The van der Waals surface area contributed by atoms with Crippen LogP contribution in [-0.4, -0.2) is 49.8 Å². The fourth-order valence-corrected chi connectivity index (χ4v) is 3.12. The minimum Gasteiger partial charge on any atom is -0.372 e. The summed E-state index contributed by atoms with van der Waals surface area (Å²) in [5.74, 6) is 0. The third kappa shape index (κ3) is 4.87. The summed E-state index contributed by atoms with van der Waals surface area (Å²) in [7, 11) is 0. The molecule has 3 heteroatoms. The van der Waals surface area contributed by atoms with E-state index < -0.39 is 0 Å². The number of nitrogens with zero attached hydrogens (tertiary/aromatic N) is 1. The van der Waals surface area contributed by atoms with Crippen molar-refractivity contribution in [2.24, 2.45) is 0 Å². The van der Waals surface area contributed by atoms with Gasteiger partial charge in [0.2, 0.25) is 0 Å². The number of hydrogen-bond acceptors (Lipinski definition) is 3. The summed E-state index contributed by atoms with van der Waals surface area (Å²) in [5.41, 5.74) is 0. The van der Waals surface area contributed by atoms with Gasteiger partial charge in [0.05, 0.1) is 12.2 Å². The highest BCUT2D eigenvalue weighted by molar-refractivity contribution is 4.84. The number of fused-ring (bicyclic) bond motifs is 2. The first kappa shape index (κ1) is 14.3. The van der Waals surface area contributed by atoms with Crippen molar-refractivity contribution >= 4 is 0 Å². The van der Waals surface area contributed by atoms with Crippen LogP contribution in [0.4, 0.5) is 0 Å². The molecule has 2 fully saturated rings. The van der Waals surface area contributed by atoms with E-state index in [1.165, 1.54) is 77.7 Å². The Morgan fingerprint density at radius 3 is 2.44 bits per heavy atom. The molecule has 2 atom stereocenters. The van der Waals surface area contributed by atoms with Gasteiger partial charge in [0.25, 0.3) is 0 Å². The lowest BCUT2D eigenvalue weighted by Gasteiger charge is -2.32. The van der Waals surface area contributed by atoms with Crippen LogP contribution in [0.5, 0.6) is 0 Å². The fourth-order valence-electron chi connectivity index (χ4n) is 3.12. The van der Waals surface area contributed by atoms with Gasteiger partial charge in [0, 0.05) is 13.1 Å². The molecule has 2 aliphatic heterocycles. The lowest BCUT2D eigenvalue weighted by Crippen LogP contribution is -2.42. The van der Waals surface area contributed by atoms with Crippen molar-refractivity contribution in [1.29, 1.82) is 0 Å². The second kappa shape index (κ2) is 8.13. The molecule has 106 valence electrons. The zero-order valence-electron chi connectivity index (χ0n) is 12.0. The lowest BCUT2D eigenvalue weighted by atomic mass is 10.1. The second-order valence-electron chi connectivity index (χ2n) is 5.88. The Balaban J connectivity index is 1.41. The first-order valence-corrected chi connectivity index (χ1v) is 7.97. The van der Waals surface area contributed by atoms with Crippen molar-refractivity contribution in [2.75, 3.05) is 32.7 Å². The molecule has 2 aliphatic rings. The van der Waals surface area contributed by atoms with Crippen LogP contribution in [0, 0.1) is 0 Å².